The Balaban J connectivity index is 1.46. The molecular formula is C25H27FN7OP. The number of hydrogen-bond donors (Lipinski definition) is 2. The largest absolute Gasteiger partial charge is 0.324 e. The summed E-state index contributed by atoms with van der Waals surface area (Å²) in [5, 5.41) is 15.7. The number of nitrogens with zero attached hydrogens (tertiary/aromatic N) is 5. The molecule has 0 radical (unpaired) electrons. The zero-order chi connectivity index (χ0) is 24.7. The average Bonchev–Trinajstić information content (AvgIpc) is 2.78. The summed E-state index contributed by atoms with van der Waals surface area (Å²) in [6, 6.07) is 8.71. The minimum atomic E-state index is -2.78. The highest BCUT2D eigenvalue weighted by Crippen LogP contribution is 2.40. The number of anilines is 4. The number of rotatable bonds is 5. The SMILES string of the molecule is CN1Cc2cc(Nc3ncc(C#N)c(Nc4cc(F)cc(P(C)(C)=O)n4)n3)cc3c2C(CCC3)C1. The van der Waals surface area contributed by atoms with E-state index in [1.54, 1.807) is 0 Å². The van der Waals surface area contributed by atoms with Gasteiger partial charge in [0.1, 0.15) is 35.8 Å². The van der Waals surface area contributed by atoms with Gasteiger partial charge in [-0.25, -0.2) is 14.4 Å². The molecule has 8 nitrogen and oxygen atoms in total. The topological polar surface area (TPSA) is 107 Å². The van der Waals surface area contributed by atoms with Crippen LogP contribution in [0.1, 0.15) is 41.0 Å². The quantitative estimate of drug-likeness (QED) is 0.503. The van der Waals surface area contributed by atoms with Gasteiger partial charge in [-0.1, -0.05) is 0 Å². The smallest absolute Gasteiger partial charge is 0.229 e. The number of aryl methyl sites for hydroxylation is 1. The molecule has 180 valence electrons. The van der Waals surface area contributed by atoms with Crippen molar-refractivity contribution in [3.63, 3.8) is 0 Å². The molecule has 3 aromatic rings. The predicted molar refractivity (Wildman–Crippen MR) is 135 cm³/mol. The van der Waals surface area contributed by atoms with E-state index in [0.717, 1.165) is 31.3 Å². The predicted octanol–water partition coefficient (Wildman–Crippen LogP) is 4.48. The number of pyridine rings is 1. The highest BCUT2D eigenvalue weighted by Gasteiger charge is 2.29. The van der Waals surface area contributed by atoms with Crippen LogP contribution >= 0.6 is 7.14 Å². The molecule has 0 saturated heterocycles. The van der Waals surface area contributed by atoms with Crippen molar-refractivity contribution in [2.75, 3.05) is 37.6 Å². The second-order valence-electron chi connectivity index (χ2n) is 9.69. The van der Waals surface area contributed by atoms with Crippen molar-refractivity contribution in [3.05, 3.63) is 58.5 Å². The maximum atomic E-state index is 14.2. The molecule has 2 aliphatic rings. The van der Waals surface area contributed by atoms with Gasteiger partial charge in [-0.2, -0.15) is 10.2 Å². The van der Waals surface area contributed by atoms with Crippen LogP contribution in [-0.2, 0) is 17.5 Å². The molecular weight excluding hydrogens is 464 g/mol. The van der Waals surface area contributed by atoms with Crippen molar-refractivity contribution in [2.24, 2.45) is 0 Å². The lowest BCUT2D eigenvalue weighted by Crippen LogP contribution is -2.33. The molecule has 3 heterocycles. The lowest BCUT2D eigenvalue weighted by atomic mass is 9.77. The molecule has 5 rings (SSSR count). The molecule has 0 amide bonds. The van der Waals surface area contributed by atoms with Crippen LogP contribution in [0.25, 0.3) is 0 Å². The van der Waals surface area contributed by atoms with Crippen LogP contribution < -0.4 is 16.1 Å². The van der Waals surface area contributed by atoms with E-state index in [4.69, 9.17) is 0 Å². The molecule has 10 heteroatoms. The van der Waals surface area contributed by atoms with E-state index in [9.17, 15) is 14.2 Å². The maximum Gasteiger partial charge on any atom is 0.229 e. The number of halogens is 1. The van der Waals surface area contributed by atoms with Crippen LogP contribution in [0.4, 0.5) is 27.7 Å². The number of aromatic nitrogens is 3. The Morgan fingerprint density at radius 3 is 2.74 bits per heavy atom. The normalized spacial score (nSPS) is 17.4. The molecule has 35 heavy (non-hydrogen) atoms. The third-order valence-electron chi connectivity index (χ3n) is 6.47. The van der Waals surface area contributed by atoms with Crippen molar-refractivity contribution in [1.29, 1.82) is 5.26 Å². The Morgan fingerprint density at radius 2 is 1.97 bits per heavy atom. The third kappa shape index (κ3) is 4.90. The standard InChI is InChI=1S/C25H27FN7OP/c1-33-13-16-6-4-5-15-7-20(8-17(14-33)23(15)16)29-25-28-12-18(11-27)24(32-25)31-21-9-19(26)10-22(30-21)35(2,3)34/h7-10,12,16H,4-6,13-14H2,1-3H3,(H2,28,29,30,31,32). The lowest BCUT2D eigenvalue weighted by molar-refractivity contribution is 0.266. The Hall–Kier alpha value is -3.34. The molecule has 0 saturated carbocycles. The fourth-order valence-electron chi connectivity index (χ4n) is 5.00. The van der Waals surface area contributed by atoms with Crippen molar-refractivity contribution in [3.8, 4) is 6.07 Å². The first-order valence-electron chi connectivity index (χ1n) is 11.6. The summed E-state index contributed by atoms with van der Waals surface area (Å²) in [5.41, 5.74) is 5.45. The van der Waals surface area contributed by atoms with Gasteiger partial charge in [-0.15, -0.1) is 0 Å². The van der Waals surface area contributed by atoms with Crippen LogP contribution in [0.5, 0.6) is 0 Å². The summed E-state index contributed by atoms with van der Waals surface area (Å²) in [5.74, 6) is 0.642. The molecule has 0 fully saturated rings. The van der Waals surface area contributed by atoms with Gasteiger partial charge in [-0.3, -0.25) is 0 Å². The molecule has 1 atom stereocenters. The average molecular weight is 492 g/mol. The first-order valence-corrected chi connectivity index (χ1v) is 14.2. The number of nitrogens with one attached hydrogen (secondary N) is 2. The van der Waals surface area contributed by atoms with Crippen molar-refractivity contribution in [2.45, 2.75) is 31.7 Å². The van der Waals surface area contributed by atoms with Gasteiger partial charge in [0.25, 0.3) is 0 Å². The minimum absolute atomic E-state index is 0.123. The first-order chi connectivity index (χ1) is 16.7. The van der Waals surface area contributed by atoms with Gasteiger partial charge < -0.3 is 20.1 Å². The maximum absolute atomic E-state index is 14.2. The van der Waals surface area contributed by atoms with E-state index in [0.29, 0.717) is 11.9 Å². The van der Waals surface area contributed by atoms with Crippen LogP contribution in [0.15, 0.2) is 30.5 Å². The van der Waals surface area contributed by atoms with Crippen LogP contribution in [0, 0.1) is 17.1 Å². The Bertz CT molecular complexity index is 1400. The van der Waals surface area contributed by atoms with Gasteiger partial charge in [-0.05, 0) is 74.4 Å². The Kier molecular flexibility index (Phi) is 6.04. The van der Waals surface area contributed by atoms with Gasteiger partial charge >= 0.3 is 0 Å². The highest BCUT2D eigenvalue weighted by atomic mass is 31.2. The van der Waals surface area contributed by atoms with E-state index < -0.39 is 13.0 Å². The second-order valence-corrected chi connectivity index (χ2v) is 12.9. The van der Waals surface area contributed by atoms with Crippen LogP contribution in [-0.4, -0.2) is 46.8 Å². The number of benzene rings is 1. The lowest BCUT2D eigenvalue weighted by Gasteiger charge is -2.37. The van der Waals surface area contributed by atoms with Crippen molar-refractivity contribution < 1.29 is 8.96 Å². The molecule has 2 N–H and O–H groups in total. The van der Waals surface area contributed by atoms with Crippen molar-refractivity contribution in [1.82, 2.24) is 19.9 Å². The fraction of sp³-hybridized carbons (Fsp3) is 0.360. The van der Waals surface area contributed by atoms with E-state index in [1.807, 2.05) is 6.07 Å². The van der Waals surface area contributed by atoms with Crippen molar-refractivity contribution >= 4 is 35.8 Å². The van der Waals surface area contributed by atoms with Gasteiger partial charge in [0, 0.05) is 30.9 Å². The minimum Gasteiger partial charge on any atom is -0.324 e. The number of likely N-dealkylation sites (N-methyl/N-ethyl adjacent to an activating group) is 1. The third-order valence-corrected chi connectivity index (χ3v) is 7.80. The molecule has 2 aromatic heterocycles. The van der Waals surface area contributed by atoms with Crippen LogP contribution in [0.2, 0.25) is 0 Å². The summed E-state index contributed by atoms with van der Waals surface area (Å²) >= 11 is 0. The van der Waals surface area contributed by atoms with Gasteiger partial charge in [0.15, 0.2) is 5.82 Å². The summed E-state index contributed by atoms with van der Waals surface area (Å²) in [4.78, 5) is 15.4. The van der Waals surface area contributed by atoms with Gasteiger partial charge in [0.2, 0.25) is 5.95 Å². The molecule has 1 unspecified atom stereocenters. The monoisotopic (exact) mass is 491 g/mol. The summed E-state index contributed by atoms with van der Waals surface area (Å²) in [6.45, 7) is 5.05. The number of hydrogen-bond acceptors (Lipinski definition) is 8. The molecule has 1 aliphatic heterocycles. The second kappa shape index (κ2) is 9.03. The summed E-state index contributed by atoms with van der Waals surface area (Å²) in [7, 11) is -0.624. The highest BCUT2D eigenvalue weighted by molar-refractivity contribution is 7.69. The zero-order valence-electron chi connectivity index (χ0n) is 20.0. The van der Waals surface area contributed by atoms with E-state index >= 15 is 0 Å². The number of nitriles is 1. The Morgan fingerprint density at radius 1 is 1.17 bits per heavy atom. The summed E-state index contributed by atoms with van der Waals surface area (Å²) < 4.78 is 26.6. The Labute approximate surface area is 204 Å². The zero-order valence-corrected chi connectivity index (χ0v) is 20.9. The molecule has 1 aromatic carbocycles. The molecule has 0 spiro atoms. The van der Waals surface area contributed by atoms with Crippen LogP contribution in [0.3, 0.4) is 0 Å². The van der Waals surface area contributed by atoms with E-state index in [1.165, 1.54) is 55.1 Å². The van der Waals surface area contributed by atoms with Gasteiger partial charge in [0.05, 0.1) is 6.20 Å². The van der Waals surface area contributed by atoms with E-state index in [-0.39, 0.29) is 22.6 Å². The molecule has 1 aliphatic carbocycles. The summed E-state index contributed by atoms with van der Waals surface area (Å²) in [6.07, 6.45) is 4.88. The first kappa shape index (κ1) is 23.4. The molecule has 0 bridgehead atoms. The fourth-order valence-corrected chi connectivity index (χ4v) is 5.79. The van der Waals surface area contributed by atoms with E-state index in [2.05, 4.69) is 49.7 Å².